The zero-order valence-corrected chi connectivity index (χ0v) is 5.76. The van der Waals surface area contributed by atoms with Crippen molar-refractivity contribution in [1.82, 2.24) is 0 Å². The number of hydrogen-bond acceptors (Lipinski definition) is 2. The predicted octanol–water partition coefficient (Wildman–Crippen LogP) is -2.94. The van der Waals surface area contributed by atoms with Gasteiger partial charge in [-0.15, -0.1) is 9.79 Å². The van der Waals surface area contributed by atoms with Gasteiger partial charge in [-0.2, -0.15) is 0 Å². The molecule has 2 N–H and O–H groups in total. The number of rotatable bonds is 0. The van der Waals surface area contributed by atoms with Crippen LogP contribution in [0, 0.1) is 7.11 Å². The molecule has 0 radical (unpaired) electrons. The molecule has 0 saturated carbocycles. The van der Waals surface area contributed by atoms with Crippen molar-refractivity contribution in [2.24, 2.45) is 0 Å². The van der Waals surface area contributed by atoms with E-state index in [1.54, 1.807) is 0 Å². The Morgan fingerprint density at radius 2 is 1.62 bits per heavy atom. The number of hydrogen-bond donors (Lipinski definition) is 2. The maximum atomic E-state index is 8.70. The SMILES string of the molecule is O=[P+](O)O.[CH2-]OC.[Li+]. The van der Waals surface area contributed by atoms with Gasteiger partial charge in [-0.05, 0) is 7.11 Å². The van der Waals surface area contributed by atoms with E-state index in [1.807, 2.05) is 0 Å². The topological polar surface area (TPSA) is 66.8 Å². The molecule has 0 fully saturated rings. The van der Waals surface area contributed by atoms with Crippen LogP contribution in [0.3, 0.4) is 0 Å². The summed E-state index contributed by atoms with van der Waals surface area (Å²) in [5, 5.41) is 0. The monoisotopic (exact) mass is 133 g/mol. The Hall–Kier alpha value is 0.577. The van der Waals surface area contributed by atoms with Gasteiger partial charge in [0, 0.05) is 4.57 Å². The third kappa shape index (κ3) is 614. The molecule has 0 aromatic heterocycles. The summed E-state index contributed by atoms with van der Waals surface area (Å²) < 4.78 is 12.7. The molecule has 0 aliphatic carbocycles. The number of ether oxygens (including phenoxy) is 1. The smallest absolute Gasteiger partial charge is 0.557 e. The molecule has 44 valence electrons. The van der Waals surface area contributed by atoms with Gasteiger partial charge in [-0.3, -0.25) is 0 Å². The van der Waals surface area contributed by atoms with Gasteiger partial charge < -0.3 is 4.74 Å². The average Bonchev–Trinajstić information content (AvgIpc) is 1.33. The van der Waals surface area contributed by atoms with Crippen molar-refractivity contribution in [1.29, 1.82) is 0 Å². The van der Waals surface area contributed by atoms with Crippen molar-refractivity contribution in [3.63, 3.8) is 0 Å². The molecule has 0 heterocycles. The molecule has 0 aliphatic heterocycles. The third-order valence-corrected chi connectivity index (χ3v) is 0. The minimum atomic E-state index is -2.87. The Bertz CT molecular complexity index is 45.3. The first-order valence-electron chi connectivity index (χ1n) is 1.28. The fourth-order valence-corrected chi connectivity index (χ4v) is 0. The van der Waals surface area contributed by atoms with E-state index in [9.17, 15) is 0 Å². The van der Waals surface area contributed by atoms with Crippen molar-refractivity contribution in [2.75, 3.05) is 7.11 Å². The van der Waals surface area contributed by atoms with Crippen LogP contribution in [0.1, 0.15) is 0 Å². The van der Waals surface area contributed by atoms with Gasteiger partial charge in [-0.1, -0.05) is 0 Å². The first kappa shape index (κ1) is 15.8. The predicted molar refractivity (Wildman–Crippen MR) is 24.4 cm³/mol. The van der Waals surface area contributed by atoms with Crippen molar-refractivity contribution < 1.29 is 37.9 Å². The van der Waals surface area contributed by atoms with Gasteiger partial charge in [0.25, 0.3) is 0 Å². The zero-order valence-electron chi connectivity index (χ0n) is 4.87. The standard InChI is InChI=1S/C2H5O.Li.HO3P/c1-3-2;;1-4(2)3/h1H2,2H3;;(H-,1,2,3)/q-1;+1;/p+1. The van der Waals surface area contributed by atoms with E-state index in [1.165, 1.54) is 7.11 Å². The zero-order chi connectivity index (χ0) is 6.28. The van der Waals surface area contributed by atoms with E-state index >= 15 is 0 Å². The molecule has 0 aromatic rings. The van der Waals surface area contributed by atoms with E-state index in [-0.39, 0.29) is 18.9 Å². The van der Waals surface area contributed by atoms with Crippen LogP contribution in [0.5, 0.6) is 0 Å². The molecular weight excluding hydrogens is 126 g/mol. The second-order valence-electron chi connectivity index (χ2n) is 0.541. The van der Waals surface area contributed by atoms with Crippen LogP contribution < -0.4 is 18.9 Å². The van der Waals surface area contributed by atoms with E-state index in [0.717, 1.165) is 0 Å². The molecule has 0 amide bonds. The summed E-state index contributed by atoms with van der Waals surface area (Å²) in [4.78, 5) is 14.2. The van der Waals surface area contributed by atoms with Crippen LogP contribution in [-0.2, 0) is 9.30 Å². The first-order chi connectivity index (χ1) is 3.15. The summed E-state index contributed by atoms with van der Waals surface area (Å²) in [6.07, 6.45) is 0. The Morgan fingerprint density at radius 3 is 1.62 bits per heavy atom. The van der Waals surface area contributed by atoms with Crippen molar-refractivity contribution in [3.8, 4) is 0 Å². The van der Waals surface area contributed by atoms with Gasteiger partial charge in [-0.25, -0.2) is 7.11 Å². The molecule has 0 aromatic carbocycles. The Labute approximate surface area is 61.0 Å². The molecule has 4 nitrogen and oxygen atoms in total. The molecule has 0 rings (SSSR count). The maximum Gasteiger partial charge on any atom is 1.00 e. The molecule has 6 heteroatoms. The van der Waals surface area contributed by atoms with Crippen LogP contribution >= 0.6 is 8.25 Å². The van der Waals surface area contributed by atoms with E-state index in [4.69, 9.17) is 14.4 Å². The van der Waals surface area contributed by atoms with Crippen molar-refractivity contribution >= 4 is 8.25 Å². The van der Waals surface area contributed by atoms with Crippen LogP contribution in [-0.4, -0.2) is 16.9 Å². The normalized spacial score (nSPS) is 5.50. The van der Waals surface area contributed by atoms with Gasteiger partial charge >= 0.3 is 27.1 Å². The summed E-state index contributed by atoms with van der Waals surface area (Å²) >= 11 is 0. The van der Waals surface area contributed by atoms with Crippen LogP contribution in [0.25, 0.3) is 0 Å². The van der Waals surface area contributed by atoms with Crippen molar-refractivity contribution in [2.45, 2.75) is 0 Å². The minimum Gasteiger partial charge on any atom is -0.557 e. The van der Waals surface area contributed by atoms with Crippen LogP contribution in [0.2, 0.25) is 0 Å². The third-order valence-electron chi connectivity index (χ3n) is 0. The van der Waals surface area contributed by atoms with Crippen LogP contribution in [0.4, 0.5) is 0 Å². The van der Waals surface area contributed by atoms with Gasteiger partial charge in [0.1, 0.15) is 0 Å². The molecule has 0 spiro atoms. The van der Waals surface area contributed by atoms with Gasteiger partial charge in [0.2, 0.25) is 0 Å². The van der Waals surface area contributed by atoms with Gasteiger partial charge in [0.15, 0.2) is 0 Å². The largest absolute Gasteiger partial charge is 1.00 e. The Kier molecular flexibility index (Phi) is 31.0. The fourth-order valence-electron chi connectivity index (χ4n) is 0. The average molecular weight is 133 g/mol. The van der Waals surface area contributed by atoms with Crippen molar-refractivity contribution in [3.05, 3.63) is 7.11 Å². The second kappa shape index (κ2) is 15.6. The molecule has 0 aliphatic rings. The Balaban J connectivity index is -0.0000000575. The summed E-state index contributed by atoms with van der Waals surface area (Å²) in [6.45, 7) is 0. The van der Waals surface area contributed by atoms with E-state index < -0.39 is 8.25 Å². The second-order valence-corrected chi connectivity index (χ2v) is 1.05. The Morgan fingerprint density at radius 1 is 1.62 bits per heavy atom. The van der Waals surface area contributed by atoms with Crippen LogP contribution in [0.15, 0.2) is 0 Å². The van der Waals surface area contributed by atoms with E-state index in [2.05, 4.69) is 11.8 Å². The quantitative estimate of drug-likeness (QED) is 0.211. The molecular formula is C2H7LiO4P+. The fraction of sp³-hybridized carbons (Fsp3) is 0.500. The summed E-state index contributed by atoms with van der Waals surface area (Å²) in [7, 11) is 1.63. The summed E-state index contributed by atoms with van der Waals surface area (Å²) in [6, 6.07) is 0. The van der Waals surface area contributed by atoms with Gasteiger partial charge in [0.05, 0.1) is 0 Å². The summed E-state index contributed by atoms with van der Waals surface area (Å²) in [5.74, 6) is 0. The minimum absolute atomic E-state index is 0. The molecule has 8 heavy (non-hydrogen) atoms. The molecule has 0 saturated heterocycles. The molecule has 0 unspecified atom stereocenters. The maximum absolute atomic E-state index is 8.70. The molecule has 0 bridgehead atoms. The number of methoxy groups -OCH3 is 1. The first-order valence-corrected chi connectivity index (χ1v) is 2.44. The summed E-state index contributed by atoms with van der Waals surface area (Å²) in [5.41, 5.74) is 0. The molecule has 0 atom stereocenters. The van der Waals surface area contributed by atoms with E-state index in [0.29, 0.717) is 0 Å².